The van der Waals surface area contributed by atoms with Crippen LogP contribution in [0.4, 0.5) is 0 Å². The number of carbonyl (C=O) groups is 1. The van der Waals surface area contributed by atoms with Gasteiger partial charge in [0.05, 0.1) is 11.3 Å². The molecule has 3 aliphatic rings. The first-order valence-corrected chi connectivity index (χ1v) is 11.7. The third kappa shape index (κ3) is 3.47. The molecule has 1 amide bonds. The average Bonchev–Trinajstić information content (AvgIpc) is 3.43. The number of aromatic amines is 1. The topological polar surface area (TPSA) is 73.7 Å². The maximum Gasteiger partial charge on any atom is 0.277 e. The molecule has 4 heterocycles. The highest BCUT2D eigenvalue weighted by molar-refractivity contribution is 5.78. The molecule has 1 atom stereocenters. The molecule has 7 nitrogen and oxygen atoms in total. The fraction of sp³-hybridized carbons (Fsp3) is 0.696. The maximum absolute atomic E-state index is 13.3. The van der Waals surface area contributed by atoms with E-state index in [4.69, 9.17) is 4.98 Å². The van der Waals surface area contributed by atoms with Gasteiger partial charge in [-0.25, -0.2) is 9.50 Å². The number of H-pyrrole nitrogens is 1. The van der Waals surface area contributed by atoms with Gasteiger partial charge >= 0.3 is 0 Å². The molecule has 2 aromatic rings. The highest BCUT2D eigenvalue weighted by atomic mass is 16.2. The smallest absolute Gasteiger partial charge is 0.277 e. The van der Waals surface area contributed by atoms with Gasteiger partial charge < -0.3 is 4.90 Å². The lowest BCUT2D eigenvalue weighted by Crippen LogP contribution is -2.41. The number of hydrogen-bond acceptors (Lipinski definition) is 4. The predicted molar refractivity (Wildman–Crippen MR) is 116 cm³/mol. The van der Waals surface area contributed by atoms with Crippen LogP contribution in [-0.4, -0.2) is 56.0 Å². The second-order valence-electron chi connectivity index (χ2n) is 9.68. The highest BCUT2D eigenvalue weighted by Crippen LogP contribution is 2.29. The maximum atomic E-state index is 13.3. The fourth-order valence-corrected chi connectivity index (χ4v) is 5.61. The van der Waals surface area contributed by atoms with E-state index in [-0.39, 0.29) is 23.3 Å². The van der Waals surface area contributed by atoms with E-state index in [1.54, 1.807) is 4.52 Å². The number of aromatic nitrogens is 3. The average molecular weight is 412 g/mol. The lowest BCUT2D eigenvalue weighted by molar-refractivity contribution is -0.135. The van der Waals surface area contributed by atoms with E-state index < -0.39 is 0 Å². The molecule has 30 heavy (non-hydrogen) atoms. The van der Waals surface area contributed by atoms with E-state index in [9.17, 15) is 9.59 Å². The first kappa shape index (κ1) is 19.8. The Kier molecular flexibility index (Phi) is 5.17. The summed E-state index contributed by atoms with van der Waals surface area (Å²) < 4.78 is 1.63. The van der Waals surface area contributed by atoms with Gasteiger partial charge in [0.15, 0.2) is 5.65 Å². The van der Waals surface area contributed by atoms with Crippen LogP contribution in [-0.2, 0) is 17.8 Å². The molecular weight excluding hydrogens is 378 g/mol. The van der Waals surface area contributed by atoms with Gasteiger partial charge in [0.2, 0.25) is 5.91 Å². The van der Waals surface area contributed by atoms with Crippen LogP contribution in [0.3, 0.4) is 0 Å². The van der Waals surface area contributed by atoms with Gasteiger partial charge in [-0.05, 0) is 25.7 Å². The summed E-state index contributed by atoms with van der Waals surface area (Å²) in [5.74, 6) is 0.466. The molecule has 2 fully saturated rings. The number of nitrogens with one attached hydrogen (secondary N) is 1. The molecule has 0 bridgehead atoms. The van der Waals surface area contributed by atoms with Crippen molar-refractivity contribution in [2.45, 2.75) is 77.3 Å². The zero-order valence-electron chi connectivity index (χ0n) is 18.2. The summed E-state index contributed by atoms with van der Waals surface area (Å²) in [7, 11) is 0. The molecule has 5 rings (SSSR count). The fourth-order valence-electron chi connectivity index (χ4n) is 5.61. The minimum Gasteiger partial charge on any atom is -0.342 e. The largest absolute Gasteiger partial charge is 0.342 e. The minimum absolute atomic E-state index is 0.0188. The number of likely N-dealkylation sites (tertiary alicyclic amines) is 1. The first-order chi connectivity index (χ1) is 14.5. The van der Waals surface area contributed by atoms with Gasteiger partial charge in [-0.1, -0.05) is 26.7 Å². The SMILES string of the molecule is CC(C)C(=O)N1CCC[C@@H](c2cc3nc4c(c(=O)n3[nH]2)CN(C2CCCC2)CC4)C1. The zero-order valence-corrected chi connectivity index (χ0v) is 18.2. The van der Waals surface area contributed by atoms with Gasteiger partial charge in [0.25, 0.3) is 5.56 Å². The summed E-state index contributed by atoms with van der Waals surface area (Å²) in [6, 6.07) is 2.66. The predicted octanol–water partition coefficient (Wildman–Crippen LogP) is 2.69. The summed E-state index contributed by atoms with van der Waals surface area (Å²) in [4.78, 5) is 35.1. The Morgan fingerprint density at radius 2 is 1.97 bits per heavy atom. The lowest BCUT2D eigenvalue weighted by Gasteiger charge is -2.33. The van der Waals surface area contributed by atoms with Crippen molar-refractivity contribution in [1.29, 1.82) is 0 Å². The second kappa shape index (κ2) is 7.84. The third-order valence-corrected chi connectivity index (χ3v) is 7.32. The van der Waals surface area contributed by atoms with Crippen molar-refractivity contribution in [3.8, 4) is 0 Å². The van der Waals surface area contributed by atoms with Crippen molar-refractivity contribution < 1.29 is 4.79 Å². The van der Waals surface area contributed by atoms with E-state index in [1.165, 1.54) is 25.7 Å². The molecule has 2 aromatic heterocycles. The molecular formula is C23H33N5O2. The summed E-state index contributed by atoms with van der Waals surface area (Å²) in [5.41, 5.74) is 3.63. The molecule has 0 spiro atoms. The van der Waals surface area contributed by atoms with E-state index in [1.807, 2.05) is 24.8 Å². The Hall–Kier alpha value is -2.15. The van der Waals surface area contributed by atoms with Crippen molar-refractivity contribution in [2.24, 2.45) is 5.92 Å². The number of rotatable bonds is 3. The normalized spacial score (nSPS) is 23.4. The lowest BCUT2D eigenvalue weighted by atomic mass is 9.94. The Labute approximate surface area is 177 Å². The van der Waals surface area contributed by atoms with Gasteiger partial charge in [-0.3, -0.25) is 19.6 Å². The molecule has 0 unspecified atom stereocenters. The van der Waals surface area contributed by atoms with Crippen LogP contribution in [0.25, 0.3) is 5.65 Å². The standard InChI is InChI=1S/C23H33N5O2/c1-15(2)22(29)27-10-5-6-16(13-27)20-12-21-24-19-9-11-26(17-7-3-4-8-17)14-18(19)23(30)28(21)25-20/h12,15-17,25H,3-11,13-14H2,1-2H3/t16-/m1/s1. The van der Waals surface area contributed by atoms with Gasteiger partial charge in [0, 0.05) is 62.2 Å². The zero-order chi connectivity index (χ0) is 20.8. The van der Waals surface area contributed by atoms with Crippen LogP contribution in [0, 0.1) is 5.92 Å². The molecule has 7 heteroatoms. The molecule has 162 valence electrons. The first-order valence-electron chi connectivity index (χ1n) is 11.7. The van der Waals surface area contributed by atoms with Crippen molar-refractivity contribution >= 4 is 11.6 Å². The number of nitrogens with zero attached hydrogens (tertiary/aromatic N) is 4. The van der Waals surface area contributed by atoms with Crippen molar-refractivity contribution in [2.75, 3.05) is 19.6 Å². The summed E-state index contributed by atoms with van der Waals surface area (Å²) in [6.07, 6.45) is 8.01. The molecule has 2 aliphatic heterocycles. The Morgan fingerprint density at radius 3 is 2.73 bits per heavy atom. The number of fused-ring (bicyclic) bond motifs is 2. The van der Waals surface area contributed by atoms with Gasteiger partial charge in [0.1, 0.15) is 0 Å². The number of piperidine rings is 1. The Balaban J connectivity index is 1.42. The van der Waals surface area contributed by atoms with Gasteiger partial charge in [-0.15, -0.1) is 0 Å². The monoisotopic (exact) mass is 411 g/mol. The summed E-state index contributed by atoms with van der Waals surface area (Å²) >= 11 is 0. The molecule has 1 saturated heterocycles. The number of hydrogen-bond donors (Lipinski definition) is 1. The van der Waals surface area contributed by atoms with Crippen LogP contribution < -0.4 is 5.56 Å². The Morgan fingerprint density at radius 1 is 1.17 bits per heavy atom. The summed E-state index contributed by atoms with van der Waals surface area (Å²) in [6.45, 7) is 7.19. The van der Waals surface area contributed by atoms with Crippen LogP contribution in [0.2, 0.25) is 0 Å². The Bertz CT molecular complexity index is 1000. The van der Waals surface area contributed by atoms with Gasteiger partial charge in [-0.2, -0.15) is 0 Å². The highest BCUT2D eigenvalue weighted by Gasteiger charge is 2.30. The summed E-state index contributed by atoms with van der Waals surface area (Å²) in [5, 5.41) is 3.34. The molecule has 0 radical (unpaired) electrons. The molecule has 0 aromatic carbocycles. The van der Waals surface area contributed by atoms with E-state index in [2.05, 4.69) is 10.00 Å². The minimum atomic E-state index is 0.0188. The number of carbonyl (C=O) groups excluding carboxylic acids is 1. The van der Waals surface area contributed by atoms with E-state index >= 15 is 0 Å². The molecule has 1 N–H and O–H groups in total. The van der Waals surface area contributed by atoms with Crippen LogP contribution in [0.5, 0.6) is 0 Å². The second-order valence-corrected chi connectivity index (χ2v) is 9.68. The van der Waals surface area contributed by atoms with Crippen LogP contribution >= 0.6 is 0 Å². The van der Waals surface area contributed by atoms with E-state index in [0.717, 1.165) is 61.5 Å². The third-order valence-electron chi connectivity index (χ3n) is 7.32. The van der Waals surface area contributed by atoms with Crippen molar-refractivity contribution in [1.82, 2.24) is 24.4 Å². The van der Waals surface area contributed by atoms with Crippen LogP contribution in [0.1, 0.15) is 75.2 Å². The van der Waals surface area contributed by atoms with E-state index in [0.29, 0.717) is 12.6 Å². The van der Waals surface area contributed by atoms with Crippen LogP contribution in [0.15, 0.2) is 10.9 Å². The number of amides is 1. The quantitative estimate of drug-likeness (QED) is 0.843. The van der Waals surface area contributed by atoms with Crippen molar-refractivity contribution in [3.05, 3.63) is 33.4 Å². The molecule has 1 aliphatic carbocycles. The molecule has 1 saturated carbocycles. The van der Waals surface area contributed by atoms with Crippen molar-refractivity contribution in [3.63, 3.8) is 0 Å².